The smallest absolute Gasteiger partial charge is 0.326 e. The van der Waals surface area contributed by atoms with E-state index in [1.54, 1.807) is 39.1 Å². The van der Waals surface area contributed by atoms with E-state index in [9.17, 15) is 9.59 Å². The molecule has 0 bridgehead atoms. The molecule has 0 saturated carbocycles. The zero-order valence-electron chi connectivity index (χ0n) is 10.1. The Morgan fingerprint density at radius 2 is 2.06 bits per heavy atom. The molecule has 92 valence electrons. The predicted octanol–water partition coefficient (Wildman–Crippen LogP) is 1.23. The number of carboxylic acid groups (broad SMARTS) is 1. The first-order chi connectivity index (χ1) is 7.93. The van der Waals surface area contributed by atoms with E-state index in [0.29, 0.717) is 11.3 Å². The van der Waals surface area contributed by atoms with Crippen molar-refractivity contribution in [2.75, 3.05) is 0 Å². The maximum absolute atomic E-state index is 11.9. The number of nitrogens with one attached hydrogen (secondary N) is 1. The number of carbonyl (C=O) groups is 2. The second-order valence-electron chi connectivity index (χ2n) is 4.17. The summed E-state index contributed by atoms with van der Waals surface area (Å²) in [5.74, 6) is -1.61. The fraction of sp³-hybridized carbons (Fsp3) is 0.417. The molecule has 1 atom stereocenters. The number of amides is 1. The summed E-state index contributed by atoms with van der Waals surface area (Å²) in [6.07, 6.45) is 1.59. The largest absolute Gasteiger partial charge is 0.480 e. The van der Waals surface area contributed by atoms with Crippen molar-refractivity contribution in [1.82, 2.24) is 10.3 Å². The highest BCUT2D eigenvalue weighted by Gasteiger charge is 2.24. The summed E-state index contributed by atoms with van der Waals surface area (Å²) in [4.78, 5) is 26.8. The molecule has 0 fully saturated rings. The van der Waals surface area contributed by atoms with Crippen molar-refractivity contribution in [3.63, 3.8) is 0 Å². The van der Waals surface area contributed by atoms with Crippen LogP contribution in [0.2, 0.25) is 0 Å². The summed E-state index contributed by atoms with van der Waals surface area (Å²) >= 11 is 0. The summed E-state index contributed by atoms with van der Waals surface area (Å²) in [5.41, 5.74) is 0.984. The van der Waals surface area contributed by atoms with Gasteiger partial charge in [0.25, 0.3) is 5.91 Å². The van der Waals surface area contributed by atoms with Crippen molar-refractivity contribution in [3.05, 3.63) is 29.6 Å². The lowest BCUT2D eigenvalue weighted by atomic mass is 10.0. The number of pyridine rings is 1. The third-order valence-corrected chi connectivity index (χ3v) is 2.47. The summed E-state index contributed by atoms with van der Waals surface area (Å²) in [6.45, 7) is 5.20. The molecule has 0 saturated heterocycles. The van der Waals surface area contributed by atoms with Gasteiger partial charge in [-0.2, -0.15) is 0 Å². The van der Waals surface area contributed by atoms with Gasteiger partial charge in [-0.25, -0.2) is 4.79 Å². The van der Waals surface area contributed by atoms with E-state index in [2.05, 4.69) is 10.3 Å². The Hall–Kier alpha value is -1.91. The molecule has 1 amide bonds. The van der Waals surface area contributed by atoms with Crippen LogP contribution in [0.5, 0.6) is 0 Å². The van der Waals surface area contributed by atoms with E-state index in [-0.39, 0.29) is 5.92 Å². The van der Waals surface area contributed by atoms with E-state index in [4.69, 9.17) is 5.11 Å². The summed E-state index contributed by atoms with van der Waals surface area (Å²) in [5, 5.41) is 11.5. The van der Waals surface area contributed by atoms with E-state index < -0.39 is 17.9 Å². The van der Waals surface area contributed by atoms with Crippen LogP contribution in [0.1, 0.15) is 29.9 Å². The van der Waals surface area contributed by atoms with Gasteiger partial charge in [0.15, 0.2) is 0 Å². The Bertz CT molecular complexity index is 430. The van der Waals surface area contributed by atoms with Gasteiger partial charge in [-0.15, -0.1) is 0 Å². The van der Waals surface area contributed by atoms with E-state index in [1.807, 2.05) is 0 Å². The maximum Gasteiger partial charge on any atom is 0.326 e. The molecule has 1 aromatic rings. The number of aromatic nitrogens is 1. The highest BCUT2D eigenvalue weighted by Crippen LogP contribution is 2.07. The topological polar surface area (TPSA) is 79.3 Å². The molecular weight excluding hydrogens is 220 g/mol. The third kappa shape index (κ3) is 3.27. The highest BCUT2D eigenvalue weighted by molar-refractivity contribution is 5.97. The predicted molar refractivity (Wildman–Crippen MR) is 62.7 cm³/mol. The van der Waals surface area contributed by atoms with Gasteiger partial charge in [0.2, 0.25) is 0 Å². The van der Waals surface area contributed by atoms with Gasteiger partial charge >= 0.3 is 5.97 Å². The minimum atomic E-state index is -1.03. The highest BCUT2D eigenvalue weighted by atomic mass is 16.4. The Balaban J connectivity index is 2.85. The first-order valence-electron chi connectivity index (χ1n) is 5.38. The normalized spacial score (nSPS) is 12.2. The average Bonchev–Trinajstić information content (AvgIpc) is 2.25. The van der Waals surface area contributed by atoms with Crippen LogP contribution in [0.25, 0.3) is 0 Å². The molecule has 17 heavy (non-hydrogen) atoms. The minimum absolute atomic E-state index is 0.173. The fourth-order valence-corrected chi connectivity index (χ4v) is 1.46. The van der Waals surface area contributed by atoms with Gasteiger partial charge in [0, 0.05) is 11.9 Å². The quantitative estimate of drug-likeness (QED) is 0.824. The number of nitrogens with zero attached hydrogens (tertiary/aromatic N) is 1. The maximum atomic E-state index is 11.9. The van der Waals surface area contributed by atoms with E-state index in [0.717, 1.165) is 0 Å². The van der Waals surface area contributed by atoms with Crippen molar-refractivity contribution in [3.8, 4) is 0 Å². The van der Waals surface area contributed by atoms with Crippen LogP contribution in [0.3, 0.4) is 0 Å². The van der Waals surface area contributed by atoms with Crippen LogP contribution in [0, 0.1) is 12.8 Å². The first kappa shape index (κ1) is 13.2. The van der Waals surface area contributed by atoms with Crippen LogP contribution in [-0.2, 0) is 4.79 Å². The van der Waals surface area contributed by atoms with Gasteiger partial charge in [-0.05, 0) is 25.0 Å². The van der Waals surface area contributed by atoms with Crippen molar-refractivity contribution in [1.29, 1.82) is 0 Å². The molecule has 2 N–H and O–H groups in total. The summed E-state index contributed by atoms with van der Waals surface area (Å²) in [7, 11) is 0. The van der Waals surface area contributed by atoms with Crippen LogP contribution in [-0.4, -0.2) is 28.0 Å². The molecule has 0 aromatic carbocycles. The second-order valence-corrected chi connectivity index (χ2v) is 4.17. The fourth-order valence-electron chi connectivity index (χ4n) is 1.46. The molecule has 0 aliphatic carbocycles. The number of aliphatic carboxylic acids is 1. The second kappa shape index (κ2) is 5.43. The summed E-state index contributed by atoms with van der Waals surface area (Å²) in [6, 6.07) is 2.38. The van der Waals surface area contributed by atoms with Gasteiger partial charge in [-0.1, -0.05) is 13.8 Å². The van der Waals surface area contributed by atoms with Crippen molar-refractivity contribution in [2.45, 2.75) is 26.8 Å². The third-order valence-electron chi connectivity index (χ3n) is 2.47. The van der Waals surface area contributed by atoms with Crippen molar-refractivity contribution >= 4 is 11.9 Å². The first-order valence-corrected chi connectivity index (χ1v) is 5.38. The molecule has 1 aromatic heterocycles. The van der Waals surface area contributed by atoms with Crippen LogP contribution in [0.4, 0.5) is 0 Å². The zero-order valence-corrected chi connectivity index (χ0v) is 10.1. The lowest BCUT2D eigenvalue weighted by molar-refractivity contribution is -0.140. The van der Waals surface area contributed by atoms with Gasteiger partial charge in [-0.3, -0.25) is 9.78 Å². The Labute approximate surface area is 99.9 Å². The molecule has 0 aliphatic rings. The average molecular weight is 236 g/mol. The Morgan fingerprint density at radius 1 is 1.41 bits per heavy atom. The molecule has 0 unspecified atom stereocenters. The molecule has 5 heteroatoms. The number of rotatable bonds is 4. The lowest BCUT2D eigenvalue weighted by Gasteiger charge is -2.18. The molecule has 1 heterocycles. The van der Waals surface area contributed by atoms with Crippen molar-refractivity contribution in [2.24, 2.45) is 5.92 Å². The van der Waals surface area contributed by atoms with Crippen molar-refractivity contribution < 1.29 is 14.7 Å². The number of carboxylic acids is 1. The van der Waals surface area contributed by atoms with Crippen LogP contribution in [0.15, 0.2) is 18.3 Å². The van der Waals surface area contributed by atoms with Crippen LogP contribution < -0.4 is 5.32 Å². The van der Waals surface area contributed by atoms with Gasteiger partial charge < -0.3 is 10.4 Å². The molecular formula is C12H16N2O3. The van der Waals surface area contributed by atoms with Crippen LogP contribution >= 0.6 is 0 Å². The molecule has 0 spiro atoms. The molecule has 5 nitrogen and oxygen atoms in total. The van der Waals surface area contributed by atoms with Gasteiger partial charge in [0.1, 0.15) is 6.04 Å². The Kier molecular flexibility index (Phi) is 4.20. The lowest BCUT2D eigenvalue weighted by Crippen LogP contribution is -2.44. The van der Waals surface area contributed by atoms with Gasteiger partial charge in [0.05, 0.1) is 5.56 Å². The summed E-state index contributed by atoms with van der Waals surface area (Å²) < 4.78 is 0. The number of hydrogen-bond donors (Lipinski definition) is 2. The number of hydrogen-bond acceptors (Lipinski definition) is 3. The van der Waals surface area contributed by atoms with E-state index in [1.165, 1.54) is 0 Å². The van der Waals surface area contributed by atoms with E-state index >= 15 is 0 Å². The SMILES string of the molecule is Cc1ncccc1C(=O)N[C@H](C(=O)O)C(C)C. The zero-order chi connectivity index (χ0) is 13.0. The standard InChI is InChI=1S/C12H16N2O3/c1-7(2)10(12(16)17)14-11(15)9-5-4-6-13-8(9)3/h4-7,10H,1-3H3,(H,14,15)(H,16,17)/t10-/m0/s1. The molecule has 0 radical (unpaired) electrons. The minimum Gasteiger partial charge on any atom is -0.480 e. The Morgan fingerprint density at radius 3 is 2.53 bits per heavy atom. The molecule has 0 aliphatic heterocycles. The number of aryl methyl sites for hydroxylation is 1. The monoisotopic (exact) mass is 236 g/mol. The molecule has 1 rings (SSSR count). The number of carbonyl (C=O) groups excluding carboxylic acids is 1.